The van der Waals surface area contributed by atoms with E-state index in [-0.39, 0.29) is 24.9 Å². The lowest BCUT2D eigenvalue weighted by Crippen LogP contribution is -2.28. The van der Waals surface area contributed by atoms with Crippen molar-refractivity contribution in [2.75, 3.05) is 6.61 Å². The molecule has 0 unspecified atom stereocenters. The first-order valence-corrected chi connectivity index (χ1v) is 6.51. The molecular formula is C16H16FNO3. The quantitative estimate of drug-likeness (QED) is 0.855. The van der Waals surface area contributed by atoms with Gasteiger partial charge in [-0.05, 0) is 35.4 Å². The molecule has 0 aliphatic rings. The van der Waals surface area contributed by atoms with Gasteiger partial charge in [-0.3, -0.25) is 4.79 Å². The van der Waals surface area contributed by atoms with E-state index in [1.807, 2.05) is 0 Å². The minimum atomic E-state index is -0.306. The Morgan fingerprint density at radius 2 is 1.67 bits per heavy atom. The summed E-state index contributed by atoms with van der Waals surface area (Å²) in [6, 6.07) is 12.8. The smallest absolute Gasteiger partial charge is 0.258 e. The molecule has 0 spiro atoms. The van der Waals surface area contributed by atoms with E-state index in [0.29, 0.717) is 12.3 Å². The van der Waals surface area contributed by atoms with Crippen molar-refractivity contribution in [2.45, 2.75) is 13.2 Å². The van der Waals surface area contributed by atoms with Gasteiger partial charge >= 0.3 is 0 Å². The van der Waals surface area contributed by atoms with Crippen molar-refractivity contribution in [2.24, 2.45) is 0 Å². The van der Waals surface area contributed by atoms with Crippen LogP contribution < -0.4 is 10.1 Å². The molecule has 0 atom stereocenters. The molecular weight excluding hydrogens is 273 g/mol. The Morgan fingerprint density at radius 1 is 1.05 bits per heavy atom. The molecule has 21 heavy (non-hydrogen) atoms. The van der Waals surface area contributed by atoms with E-state index in [9.17, 15) is 9.18 Å². The fourth-order valence-corrected chi connectivity index (χ4v) is 1.69. The second-order valence-electron chi connectivity index (χ2n) is 4.49. The number of rotatable bonds is 6. The Kier molecular flexibility index (Phi) is 5.29. The number of nitrogens with one attached hydrogen (secondary N) is 1. The number of hydrogen-bond donors (Lipinski definition) is 2. The van der Waals surface area contributed by atoms with Crippen LogP contribution in [0.3, 0.4) is 0 Å². The summed E-state index contributed by atoms with van der Waals surface area (Å²) in [5.41, 5.74) is 1.60. The van der Waals surface area contributed by atoms with Crippen molar-refractivity contribution in [3.05, 3.63) is 65.5 Å². The third-order valence-corrected chi connectivity index (χ3v) is 2.88. The molecule has 1 amide bonds. The second kappa shape index (κ2) is 7.40. The molecule has 2 aromatic rings. The molecule has 110 valence electrons. The molecule has 4 nitrogen and oxygen atoms in total. The number of carbonyl (C=O) groups is 1. The van der Waals surface area contributed by atoms with Crippen molar-refractivity contribution >= 4 is 5.91 Å². The summed E-state index contributed by atoms with van der Waals surface area (Å²) >= 11 is 0. The molecule has 0 saturated heterocycles. The molecule has 2 N–H and O–H groups in total. The van der Waals surface area contributed by atoms with Crippen LogP contribution in [0.15, 0.2) is 48.5 Å². The average molecular weight is 289 g/mol. The first kappa shape index (κ1) is 15.0. The third-order valence-electron chi connectivity index (χ3n) is 2.88. The SMILES string of the molecule is O=C(COc1ccc(CO)cc1)NCc1ccc(F)cc1. The zero-order valence-electron chi connectivity index (χ0n) is 11.4. The predicted molar refractivity (Wildman–Crippen MR) is 76.1 cm³/mol. The van der Waals surface area contributed by atoms with Gasteiger partial charge in [-0.1, -0.05) is 24.3 Å². The second-order valence-corrected chi connectivity index (χ2v) is 4.49. The Morgan fingerprint density at radius 3 is 2.29 bits per heavy atom. The summed E-state index contributed by atoms with van der Waals surface area (Å²) in [5.74, 6) is -0.00516. The first-order chi connectivity index (χ1) is 10.2. The van der Waals surface area contributed by atoms with Crippen LogP contribution in [0.4, 0.5) is 4.39 Å². The Labute approximate surface area is 122 Å². The van der Waals surface area contributed by atoms with E-state index >= 15 is 0 Å². The monoisotopic (exact) mass is 289 g/mol. The number of amides is 1. The van der Waals surface area contributed by atoms with Gasteiger partial charge in [0.2, 0.25) is 0 Å². The van der Waals surface area contributed by atoms with Crippen LogP contribution in [0, 0.1) is 5.82 Å². The van der Waals surface area contributed by atoms with Gasteiger partial charge in [-0.2, -0.15) is 0 Å². The molecule has 0 saturated carbocycles. The number of hydrogen-bond acceptors (Lipinski definition) is 3. The zero-order valence-corrected chi connectivity index (χ0v) is 11.4. The molecule has 0 radical (unpaired) electrons. The van der Waals surface area contributed by atoms with E-state index in [1.54, 1.807) is 36.4 Å². The number of aliphatic hydroxyl groups is 1. The molecule has 2 aromatic carbocycles. The summed E-state index contributed by atoms with van der Waals surface area (Å²) in [7, 11) is 0. The highest BCUT2D eigenvalue weighted by molar-refractivity contribution is 5.77. The maximum Gasteiger partial charge on any atom is 0.258 e. The van der Waals surface area contributed by atoms with Gasteiger partial charge in [0.25, 0.3) is 5.91 Å². The van der Waals surface area contributed by atoms with Crippen molar-refractivity contribution < 1.29 is 19.0 Å². The Balaban J connectivity index is 1.75. The lowest BCUT2D eigenvalue weighted by Gasteiger charge is -2.08. The molecule has 0 aliphatic carbocycles. The van der Waals surface area contributed by atoms with Gasteiger partial charge in [0.15, 0.2) is 6.61 Å². The van der Waals surface area contributed by atoms with Crippen LogP contribution >= 0.6 is 0 Å². The standard InChI is InChI=1S/C16H16FNO3/c17-14-5-1-12(2-6-14)9-18-16(20)11-21-15-7-3-13(10-19)4-8-15/h1-8,19H,9-11H2,(H,18,20). The lowest BCUT2D eigenvalue weighted by molar-refractivity contribution is -0.123. The summed E-state index contributed by atoms with van der Waals surface area (Å²) < 4.78 is 18.0. The van der Waals surface area contributed by atoms with E-state index < -0.39 is 0 Å². The van der Waals surface area contributed by atoms with Gasteiger partial charge in [-0.15, -0.1) is 0 Å². The fourth-order valence-electron chi connectivity index (χ4n) is 1.69. The van der Waals surface area contributed by atoms with Gasteiger partial charge in [0, 0.05) is 6.54 Å². The topological polar surface area (TPSA) is 58.6 Å². The number of aliphatic hydroxyl groups excluding tert-OH is 1. The molecule has 0 aromatic heterocycles. The molecule has 5 heteroatoms. The highest BCUT2D eigenvalue weighted by Crippen LogP contribution is 2.11. The minimum Gasteiger partial charge on any atom is -0.484 e. The lowest BCUT2D eigenvalue weighted by atomic mass is 10.2. The highest BCUT2D eigenvalue weighted by Gasteiger charge is 2.03. The number of halogens is 1. The zero-order chi connectivity index (χ0) is 15.1. The molecule has 0 aliphatic heterocycles. The maximum absolute atomic E-state index is 12.7. The summed E-state index contributed by atoms with van der Waals surface area (Å²) in [4.78, 5) is 11.6. The van der Waals surface area contributed by atoms with E-state index in [4.69, 9.17) is 9.84 Å². The first-order valence-electron chi connectivity index (χ1n) is 6.51. The van der Waals surface area contributed by atoms with E-state index in [1.165, 1.54) is 12.1 Å². The normalized spacial score (nSPS) is 10.2. The average Bonchev–Trinajstić information content (AvgIpc) is 2.53. The summed E-state index contributed by atoms with van der Waals surface area (Å²) in [6.45, 7) is 0.198. The van der Waals surface area contributed by atoms with Crippen molar-refractivity contribution in [3.63, 3.8) is 0 Å². The van der Waals surface area contributed by atoms with Crippen LogP contribution in [-0.2, 0) is 17.9 Å². The Bertz CT molecular complexity index is 581. The summed E-state index contributed by atoms with van der Waals surface area (Å²) in [5, 5.41) is 11.6. The number of benzene rings is 2. The molecule has 2 rings (SSSR count). The van der Waals surface area contributed by atoms with Gasteiger partial charge in [-0.25, -0.2) is 4.39 Å². The number of carbonyl (C=O) groups excluding carboxylic acids is 1. The molecule has 0 heterocycles. The summed E-state index contributed by atoms with van der Waals surface area (Å²) in [6.07, 6.45) is 0. The largest absolute Gasteiger partial charge is 0.484 e. The van der Waals surface area contributed by atoms with Crippen LogP contribution in [0.5, 0.6) is 5.75 Å². The van der Waals surface area contributed by atoms with Crippen LogP contribution in [0.2, 0.25) is 0 Å². The maximum atomic E-state index is 12.7. The van der Waals surface area contributed by atoms with Crippen LogP contribution in [-0.4, -0.2) is 17.6 Å². The van der Waals surface area contributed by atoms with Gasteiger partial charge in [0.05, 0.1) is 6.61 Å². The van der Waals surface area contributed by atoms with Crippen molar-refractivity contribution in [1.29, 1.82) is 0 Å². The highest BCUT2D eigenvalue weighted by atomic mass is 19.1. The Hall–Kier alpha value is -2.40. The van der Waals surface area contributed by atoms with Gasteiger partial charge in [0.1, 0.15) is 11.6 Å². The fraction of sp³-hybridized carbons (Fsp3) is 0.188. The van der Waals surface area contributed by atoms with Crippen LogP contribution in [0.25, 0.3) is 0 Å². The number of ether oxygens (including phenoxy) is 1. The molecule has 0 fully saturated rings. The predicted octanol–water partition coefficient (Wildman–Crippen LogP) is 2.01. The van der Waals surface area contributed by atoms with E-state index in [2.05, 4.69) is 5.32 Å². The van der Waals surface area contributed by atoms with Gasteiger partial charge < -0.3 is 15.2 Å². The van der Waals surface area contributed by atoms with Crippen LogP contribution in [0.1, 0.15) is 11.1 Å². The van der Waals surface area contributed by atoms with Crippen molar-refractivity contribution in [1.82, 2.24) is 5.32 Å². The molecule has 0 bridgehead atoms. The minimum absolute atomic E-state index is 0.0293. The van der Waals surface area contributed by atoms with Crippen molar-refractivity contribution in [3.8, 4) is 5.75 Å². The third kappa shape index (κ3) is 4.89. The van der Waals surface area contributed by atoms with E-state index in [0.717, 1.165) is 11.1 Å².